The lowest BCUT2D eigenvalue weighted by Gasteiger charge is -2.40. The van der Waals surface area contributed by atoms with E-state index in [2.05, 4.69) is 19.2 Å². The zero-order chi connectivity index (χ0) is 28.6. The number of hydrogen-bond acceptors (Lipinski definition) is 8. The van der Waals surface area contributed by atoms with Crippen molar-refractivity contribution in [2.75, 3.05) is 66.8 Å². The van der Waals surface area contributed by atoms with Gasteiger partial charge in [0.2, 0.25) is 5.91 Å². The monoisotopic (exact) mass is 557 g/mol. The number of unbranched alkanes of at least 4 members (excludes halogenated alkanes) is 1. The summed E-state index contributed by atoms with van der Waals surface area (Å²) < 4.78 is 17.5. The average Bonchev–Trinajstić information content (AvgIpc) is 3.36. The summed E-state index contributed by atoms with van der Waals surface area (Å²) in [5, 5.41) is 3.41. The van der Waals surface area contributed by atoms with E-state index in [1.54, 1.807) is 19.2 Å². The Bertz CT molecular complexity index is 1180. The Labute approximate surface area is 236 Å². The number of rotatable bonds is 11. The van der Waals surface area contributed by atoms with E-state index in [1.165, 1.54) is 7.11 Å². The molecule has 2 atom stereocenters. The first-order valence-electron chi connectivity index (χ1n) is 14.3. The van der Waals surface area contributed by atoms with Gasteiger partial charge in [-0.25, -0.2) is 9.78 Å². The largest absolute Gasteiger partial charge is 0.465 e. The van der Waals surface area contributed by atoms with Gasteiger partial charge in [-0.3, -0.25) is 9.59 Å². The number of carbonyl (C=O) groups excluding carboxylic acids is 3. The summed E-state index contributed by atoms with van der Waals surface area (Å²) in [4.78, 5) is 48.8. The molecule has 0 aliphatic carbocycles. The van der Waals surface area contributed by atoms with E-state index in [9.17, 15) is 14.4 Å². The molecule has 0 spiro atoms. The van der Waals surface area contributed by atoms with Gasteiger partial charge >= 0.3 is 5.97 Å². The third kappa shape index (κ3) is 6.82. The smallest absolute Gasteiger partial charge is 0.340 e. The van der Waals surface area contributed by atoms with E-state index in [-0.39, 0.29) is 29.7 Å². The summed E-state index contributed by atoms with van der Waals surface area (Å²) in [7, 11) is 3.01. The molecule has 1 aromatic carbocycles. The van der Waals surface area contributed by atoms with Gasteiger partial charge in [0.05, 0.1) is 42.8 Å². The number of fused-ring (bicyclic) bond motifs is 1. The number of benzene rings is 1. The summed E-state index contributed by atoms with van der Waals surface area (Å²) >= 11 is 0. The minimum Gasteiger partial charge on any atom is -0.465 e. The van der Waals surface area contributed by atoms with Crippen molar-refractivity contribution in [2.24, 2.45) is 11.8 Å². The van der Waals surface area contributed by atoms with Crippen molar-refractivity contribution in [1.82, 2.24) is 24.7 Å². The fraction of sp³-hybridized carbons (Fsp3) is 0.655. The van der Waals surface area contributed by atoms with Crippen LogP contribution in [0, 0.1) is 11.8 Å². The first-order chi connectivity index (χ1) is 19.3. The molecular weight excluding hydrogens is 514 g/mol. The number of esters is 1. The highest BCUT2D eigenvalue weighted by Gasteiger charge is 2.37. The van der Waals surface area contributed by atoms with Gasteiger partial charge in [-0.15, -0.1) is 0 Å². The number of aryl methyl sites for hydroxylation is 1. The van der Waals surface area contributed by atoms with Crippen molar-refractivity contribution in [3.05, 3.63) is 29.6 Å². The number of ether oxygens (including phenoxy) is 3. The first-order valence-corrected chi connectivity index (χ1v) is 14.3. The molecule has 3 heterocycles. The summed E-state index contributed by atoms with van der Waals surface area (Å²) in [5.74, 6) is -0.250. The van der Waals surface area contributed by atoms with E-state index in [0.717, 1.165) is 12.8 Å². The molecular formula is C29H43N5O6. The number of amides is 2. The molecule has 2 fully saturated rings. The zero-order valence-electron chi connectivity index (χ0n) is 24.2. The normalized spacial score (nSPS) is 19.7. The van der Waals surface area contributed by atoms with Gasteiger partial charge < -0.3 is 33.9 Å². The van der Waals surface area contributed by atoms with E-state index in [0.29, 0.717) is 87.9 Å². The number of carbonyl (C=O) groups is 3. The van der Waals surface area contributed by atoms with Crippen LogP contribution in [-0.2, 0) is 25.5 Å². The zero-order valence-corrected chi connectivity index (χ0v) is 24.2. The highest BCUT2D eigenvalue weighted by Crippen LogP contribution is 2.26. The number of methoxy groups -OCH3 is 2. The molecule has 0 radical (unpaired) electrons. The second kappa shape index (κ2) is 14.0. The Morgan fingerprint density at radius 2 is 1.93 bits per heavy atom. The van der Waals surface area contributed by atoms with Crippen LogP contribution in [0.3, 0.4) is 0 Å². The summed E-state index contributed by atoms with van der Waals surface area (Å²) in [6.07, 6.45) is 2.14. The first kappa shape index (κ1) is 30.0. The van der Waals surface area contributed by atoms with Crippen molar-refractivity contribution >= 4 is 28.8 Å². The van der Waals surface area contributed by atoms with E-state index >= 15 is 0 Å². The van der Waals surface area contributed by atoms with Crippen LogP contribution in [0.25, 0.3) is 11.0 Å². The molecule has 40 heavy (non-hydrogen) atoms. The quantitative estimate of drug-likeness (QED) is 0.330. The van der Waals surface area contributed by atoms with Crippen LogP contribution in [0.4, 0.5) is 0 Å². The van der Waals surface area contributed by atoms with Gasteiger partial charge in [0.25, 0.3) is 5.91 Å². The standard InChI is InChI=1S/C29H43N5O6/c1-20(2)19-34(22-16-21(17-30-18-22)27(35)32-11-14-40-15-12-32)28(36)26-31-24-9-7-8-23(29(37)39-4)25(24)33(26)10-5-6-13-38-3/h7-9,20-22,30H,5-6,10-19H2,1-4H3/t21-,22?/m1/s1. The number of hydrogen-bond donors (Lipinski definition) is 1. The maximum atomic E-state index is 14.3. The number of nitrogens with one attached hydrogen (secondary N) is 1. The molecule has 11 nitrogen and oxygen atoms in total. The molecule has 220 valence electrons. The van der Waals surface area contributed by atoms with Gasteiger partial charge in [-0.1, -0.05) is 19.9 Å². The number of aromatic nitrogens is 2. The van der Waals surface area contributed by atoms with Crippen LogP contribution >= 0.6 is 0 Å². The molecule has 2 aliphatic rings. The fourth-order valence-electron chi connectivity index (χ4n) is 5.66. The minimum absolute atomic E-state index is 0.116. The predicted molar refractivity (Wildman–Crippen MR) is 150 cm³/mol. The lowest BCUT2D eigenvalue weighted by atomic mass is 9.92. The van der Waals surface area contributed by atoms with Crippen molar-refractivity contribution in [3.63, 3.8) is 0 Å². The number of piperidine rings is 1. The molecule has 2 aliphatic heterocycles. The SMILES string of the molecule is COCCCCn1c(C(=O)N(CC(C)C)C2CNC[C@H](C(=O)N3CCOCC3)C2)nc2cccc(C(=O)OC)c21. The molecule has 2 saturated heterocycles. The highest BCUT2D eigenvalue weighted by molar-refractivity contribution is 6.04. The minimum atomic E-state index is -0.470. The van der Waals surface area contributed by atoms with Crippen LogP contribution in [0.15, 0.2) is 18.2 Å². The van der Waals surface area contributed by atoms with Crippen LogP contribution in [0.1, 0.15) is 54.1 Å². The molecule has 2 amide bonds. The van der Waals surface area contributed by atoms with Gasteiger partial charge in [0.15, 0.2) is 5.82 Å². The Morgan fingerprint density at radius 1 is 1.15 bits per heavy atom. The Kier molecular flexibility index (Phi) is 10.5. The topological polar surface area (TPSA) is 115 Å². The second-order valence-electron chi connectivity index (χ2n) is 11.0. The van der Waals surface area contributed by atoms with Crippen molar-refractivity contribution in [3.8, 4) is 0 Å². The fourth-order valence-corrected chi connectivity index (χ4v) is 5.66. The van der Waals surface area contributed by atoms with Crippen molar-refractivity contribution in [1.29, 1.82) is 0 Å². The summed E-state index contributed by atoms with van der Waals surface area (Å²) in [6, 6.07) is 5.11. The molecule has 4 rings (SSSR count). The van der Waals surface area contributed by atoms with E-state index in [4.69, 9.17) is 19.2 Å². The van der Waals surface area contributed by atoms with Crippen LogP contribution in [0.2, 0.25) is 0 Å². The van der Waals surface area contributed by atoms with Gasteiger partial charge in [0.1, 0.15) is 0 Å². The Hall–Kier alpha value is -3.02. The molecule has 0 bridgehead atoms. The van der Waals surface area contributed by atoms with E-state index < -0.39 is 5.97 Å². The van der Waals surface area contributed by atoms with Gasteiger partial charge in [-0.05, 0) is 37.3 Å². The van der Waals surface area contributed by atoms with Crippen LogP contribution in [0.5, 0.6) is 0 Å². The van der Waals surface area contributed by atoms with Gasteiger partial charge in [0, 0.05) is 59.0 Å². The maximum absolute atomic E-state index is 14.3. The number of morpholine rings is 1. The molecule has 1 aromatic heterocycles. The van der Waals surface area contributed by atoms with Crippen LogP contribution < -0.4 is 5.32 Å². The highest BCUT2D eigenvalue weighted by atomic mass is 16.5. The third-order valence-electron chi connectivity index (χ3n) is 7.61. The average molecular weight is 558 g/mol. The predicted octanol–water partition coefficient (Wildman–Crippen LogP) is 2.18. The third-order valence-corrected chi connectivity index (χ3v) is 7.61. The summed E-state index contributed by atoms with van der Waals surface area (Å²) in [5.41, 5.74) is 1.55. The molecule has 11 heteroatoms. The van der Waals surface area contributed by atoms with Crippen molar-refractivity contribution < 1.29 is 28.6 Å². The van der Waals surface area contributed by atoms with E-state index in [1.807, 2.05) is 20.4 Å². The second-order valence-corrected chi connectivity index (χ2v) is 11.0. The van der Waals surface area contributed by atoms with Crippen molar-refractivity contribution in [2.45, 2.75) is 45.7 Å². The number of para-hydroxylation sites is 1. The molecule has 0 saturated carbocycles. The van der Waals surface area contributed by atoms with Gasteiger partial charge in [-0.2, -0.15) is 0 Å². The number of nitrogens with zero attached hydrogens (tertiary/aromatic N) is 4. The Balaban J connectivity index is 1.66. The van der Waals surface area contributed by atoms with Crippen LogP contribution in [-0.4, -0.2) is 110 Å². The molecule has 2 aromatic rings. The molecule has 1 N–H and O–H groups in total. The Morgan fingerprint density at radius 3 is 2.62 bits per heavy atom. The molecule has 1 unspecified atom stereocenters. The maximum Gasteiger partial charge on any atom is 0.340 e. The lowest BCUT2D eigenvalue weighted by Crippen LogP contribution is -2.56. The summed E-state index contributed by atoms with van der Waals surface area (Å²) in [6.45, 7) is 9.31. The number of imidazole rings is 1. The lowest BCUT2D eigenvalue weighted by molar-refractivity contribution is -0.140.